The van der Waals surface area contributed by atoms with Gasteiger partial charge in [0.2, 0.25) is 0 Å². The fourth-order valence-electron chi connectivity index (χ4n) is 2.35. The normalized spacial score (nSPS) is 17.7. The van der Waals surface area contributed by atoms with Crippen LogP contribution < -0.4 is 10.6 Å². The lowest BCUT2D eigenvalue weighted by Crippen LogP contribution is -2.41. The standard InChI is InChI=1S/C13H17FN2O2/c1-2-18-13(17)12-8-9-7-10(15)3-4-11(9)16(12)6-5-14/h3-4,7,12H,2,5-6,8,15H2,1H3. The number of hydrogen-bond acceptors (Lipinski definition) is 4. The first-order valence-corrected chi connectivity index (χ1v) is 6.05. The van der Waals surface area contributed by atoms with E-state index < -0.39 is 12.7 Å². The molecule has 0 spiro atoms. The van der Waals surface area contributed by atoms with Crippen LogP contribution in [0.15, 0.2) is 18.2 Å². The highest BCUT2D eigenvalue weighted by Crippen LogP contribution is 2.33. The quantitative estimate of drug-likeness (QED) is 0.652. The summed E-state index contributed by atoms with van der Waals surface area (Å²) in [6.45, 7) is 1.79. The van der Waals surface area contributed by atoms with Gasteiger partial charge in [-0.1, -0.05) is 0 Å². The molecule has 2 rings (SSSR count). The molecule has 0 bridgehead atoms. The number of halogens is 1. The van der Waals surface area contributed by atoms with Gasteiger partial charge in [0.1, 0.15) is 12.7 Å². The molecule has 0 saturated carbocycles. The molecule has 18 heavy (non-hydrogen) atoms. The first-order valence-electron chi connectivity index (χ1n) is 6.05. The topological polar surface area (TPSA) is 55.6 Å². The van der Waals surface area contributed by atoms with E-state index in [2.05, 4.69) is 0 Å². The van der Waals surface area contributed by atoms with Gasteiger partial charge in [0, 0.05) is 24.3 Å². The van der Waals surface area contributed by atoms with Crippen molar-refractivity contribution < 1.29 is 13.9 Å². The number of nitrogen functional groups attached to an aromatic ring is 1. The molecule has 1 atom stereocenters. The molecule has 1 aliphatic rings. The largest absolute Gasteiger partial charge is 0.464 e. The third kappa shape index (κ3) is 2.25. The number of nitrogens with two attached hydrogens (primary N) is 1. The smallest absolute Gasteiger partial charge is 0.329 e. The number of carbonyl (C=O) groups is 1. The molecule has 0 fully saturated rings. The first kappa shape index (κ1) is 12.7. The number of rotatable bonds is 4. The lowest BCUT2D eigenvalue weighted by Gasteiger charge is -2.24. The Hall–Kier alpha value is -1.78. The summed E-state index contributed by atoms with van der Waals surface area (Å²) < 4.78 is 17.7. The van der Waals surface area contributed by atoms with E-state index in [1.165, 1.54) is 0 Å². The number of anilines is 2. The van der Waals surface area contributed by atoms with Crippen molar-refractivity contribution in [3.05, 3.63) is 23.8 Å². The van der Waals surface area contributed by atoms with Crippen LogP contribution in [0.2, 0.25) is 0 Å². The molecule has 1 unspecified atom stereocenters. The number of carbonyl (C=O) groups excluding carboxylic acids is 1. The Morgan fingerprint density at radius 2 is 2.39 bits per heavy atom. The fraction of sp³-hybridized carbons (Fsp3) is 0.462. The molecular weight excluding hydrogens is 235 g/mol. The van der Waals surface area contributed by atoms with Crippen molar-refractivity contribution in [3.63, 3.8) is 0 Å². The molecular formula is C13H17FN2O2. The Morgan fingerprint density at radius 1 is 1.61 bits per heavy atom. The molecule has 0 amide bonds. The number of hydrogen-bond donors (Lipinski definition) is 1. The van der Waals surface area contributed by atoms with Crippen molar-refractivity contribution in [1.82, 2.24) is 0 Å². The van der Waals surface area contributed by atoms with Crippen molar-refractivity contribution in [2.45, 2.75) is 19.4 Å². The third-order valence-corrected chi connectivity index (χ3v) is 3.09. The van der Waals surface area contributed by atoms with Gasteiger partial charge in [-0.05, 0) is 30.7 Å². The summed E-state index contributed by atoms with van der Waals surface area (Å²) in [5.41, 5.74) is 8.22. The van der Waals surface area contributed by atoms with Crippen molar-refractivity contribution in [2.75, 3.05) is 30.5 Å². The predicted molar refractivity (Wildman–Crippen MR) is 68.3 cm³/mol. The zero-order valence-corrected chi connectivity index (χ0v) is 10.4. The van der Waals surface area contributed by atoms with E-state index in [-0.39, 0.29) is 12.5 Å². The van der Waals surface area contributed by atoms with Crippen LogP contribution in [0.5, 0.6) is 0 Å². The number of alkyl halides is 1. The van der Waals surface area contributed by atoms with Gasteiger partial charge >= 0.3 is 5.97 Å². The summed E-state index contributed by atoms with van der Waals surface area (Å²) in [5, 5.41) is 0. The second-order valence-corrected chi connectivity index (χ2v) is 4.24. The second kappa shape index (κ2) is 5.25. The number of esters is 1. The lowest BCUT2D eigenvalue weighted by molar-refractivity contribution is -0.144. The first-order chi connectivity index (χ1) is 8.67. The molecule has 2 N–H and O–H groups in total. The van der Waals surface area contributed by atoms with Gasteiger partial charge in [-0.25, -0.2) is 9.18 Å². The SMILES string of the molecule is CCOC(=O)C1Cc2cc(N)ccc2N1CCF. The van der Waals surface area contributed by atoms with Gasteiger partial charge in [0.25, 0.3) is 0 Å². The second-order valence-electron chi connectivity index (χ2n) is 4.24. The maximum absolute atomic E-state index is 12.6. The van der Waals surface area contributed by atoms with Gasteiger partial charge < -0.3 is 15.4 Å². The molecule has 1 aromatic rings. The van der Waals surface area contributed by atoms with Gasteiger partial charge in [-0.3, -0.25) is 0 Å². The Balaban J connectivity index is 2.27. The highest BCUT2D eigenvalue weighted by Gasteiger charge is 2.35. The average molecular weight is 252 g/mol. The number of ether oxygens (including phenoxy) is 1. The Morgan fingerprint density at radius 3 is 3.06 bits per heavy atom. The third-order valence-electron chi connectivity index (χ3n) is 3.09. The van der Waals surface area contributed by atoms with Crippen LogP contribution in [0.4, 0.5) is 15.8 Å². The van der Waals surface area contributed by atoms with E-state index >= 15 is 0 Å². The van der Waals surface area contributed by atoms with Crippen LogP contribution in [0.25, 0.3) is 0 Å². The van der Waals surface area contributed by atoms with Crippen molar-refractivity contribution in [2.24, 2.45) is 0 Å². The number of nitrogens with zero attached hydrogens (tertiary/aromatic N) is 1. The molecule has 0 radical (unpaired) electrons. The number of benzene rings is 1. The van der Waals surface area contributed by atoms with Crippen molar-refractivity contribution in [1.29, 1.82) is 0 Å². The zero-order valence-electron chi connectivity index (χ0n) is 10.4. The molecule has 0 aliphatic carbocycles. The zero-order chi connectivity index (χ0) is 13.1. The number of fused-ring (bicyclic) bond motifs is 1. The lowest BCUT2D eigenvalue weighted by atomic mass is 10.1. The van der Waals surface area contributed by atoms with Gasteiger partial charge in [-0.15, -0.1) is 0 Å². The minimum absolute atomic E-state index is 0.195. The van der Waals surface area contributed by atoms with Gasteiger partial charge in [-0.2, -0.15) is 0 Å². The minimum Gasteiger partial charge on any atom is -0.464 e. The van der Waals surface area contributed by atoms with Crippen molar-refractivity contribution in [3.8, 4) is 0 Å². The molecule has 1 aliphatic heterocycles. The molecule has 0 aromatic heterocycles. The van der Waals surface area contributed by atoms with Crippen LogP contribution in [0, 0.1) is 0 Å². The van der Waals surface area contributed by atoms with E-state index in [4.69, 9.17) is 10.5 Å². The molecule has 4 nitrogen and oxygen atoms in total. The maximum Gasteiger partial charge on any atom is 0.329 e. The molecule has 0 saturated heterocycles. The van der Waals surface area contributed by atoms with E-state index in [1.54, 1.807) is 17.9 Å². The Labute approximate surface area is 106 Å². The summed E-state index contributed by atoms with van der Waals surface area (Å²) >= 11 is 0. The summed E-state index contributed by atoms with van der Waals surface area (Å²) in [6, 6.07) is 4.99. The average Bonchev–Trinajstić information content (AvgIpc) is 2.68. The van der Waals surface area contributed by atoms with E-state index in [1.807, 2.05) is 12.1 Å². The summed E-state index contributed by atoms with van der Waals surface area (Å²) in [4.78, 5) is 13.6. The highest BCUT2D eigenvalue weighted by molar-refractivity contribution is 5.84. The fourth-order valence-corrected chi connectivity index (χ4v) is 2.35. The van der Waals surface area contributed by atoms with E-state index in [9.17, 15) is 9.18 Å². The molecule has 5 heteroatoms. The Bertz CT molecular complexity index is 451. The summed E-state index contributed by atoms with van der Waals surface area (Å²) in [7, 11) is 0. The predicted octanol–water partition coefficient (Wildman–Crippen LogP) is 1.53. The highest BCUT2D eigenvalue weighted by atomic mass is 19.1. The maximum atomic E-state index is 12.6. The monoisotopic (exact) mass is 252 g/mol. The Kier molecular flexibility index (Phi) is 3.69. The molecule has 1 heterocycles. The van der Waals surface area contributed by atoms with Crippen molar-refractivity contribution >= 4 is 17.3 Å². The summed E-state index contributed by atoms with van der Waals surface area (Å²) in [5.74, 6) is -0.305. The van der Waals surface area contributed by atoms with Gasteiger partial charge in [0.05, 0.1) is 6.61 Å². The van der Waals surface area contributed by atoms with Crippen LogP contribution in [-0.4, -0.2) is 31.8 Å². The summed E-state index contributed by atoms with van der Waals surface area (Å²) in [6.07, 6.45) is 0.527. The van der Waals surface area contributed by atoms with Crippen LogP contribution in [-0.2, 0) is 16.0 Å². The minimum atomic E-state index is -0.500. The van der Waals surface area contributed by atoms with Crippen LogP contribution >= 0.6 is 0 Å². The van der Waals surface area contributed by atoms with Crippen LogP contribution in [0.3, 0.4) is 0 Å². The molecule has 98 valence electrons. The van der Waals surface area contributed by atoms with E-state index in [0.29, 0.717) is 18.7 Å². The van der Waals surface area contributed by atoms with E-state index in [0.717, 1.165) is 11.3 Å². The molecule has 1 aromatic carbocycles. The van der Waals surface area contributed by atoms with Crippen LogP contribution in [0.1, 0.15) is 12.5 Å². The van der Waals surface area contributed by atoms with Gasteiger partial charge in [0.15, 0.2) is 0 Å².